The predicted molar refractivity (Wildman–Crippen MR) is 71.5 cm³/mol. The first-order valence-corrected chi connectivity index (χ1v) is 6.75. The molecule has 17 heavy (non-hydrogen) atoms. The van der Waals surface area contributed by atoms with Crippen LogP contribution in [0.2, 0.25) is 0 Å². The summed E-state index contributed by atoms with van der Waals surface area (Å²) in [7, 11) is 0. The minimum atomic E-state index is 0.380. The second kappa shape index (κ2) is 6.06. The zero-order chi connectivity index (χ0) is 12.1. The fourth-order valence-electron chi connectivity index (χ4n) is 2.44. The van der Waals surface area contributed by atoms with Crippen molar-refractivity contribution < 1.29 is 4.74 Å². The smallest absolute Gasteiger partial charge is 0.123 e. The molecular formula is C15H23NO. The Hall–Kier alpha value is -1.02. The summed E-state index contributed by atoms with van der Waals surface area (Å²) in [6, 6.07) is 8.40. The number of hydrogen-bond donors (Lipinski definition) is 1. The molecule has 1 aromatic rings. The molecule has 94 valence electrons. The normalized spacial score (nSPS) is 19.8. The number of fused-ring (bicyclic) bond motifs is 1. The number of rotatable bonds is 6. The molecule has 0 aliphatic carbocycles. The van der Waals surface area contributed by atoms with Gasteiger partial charge in [-0.1, -0.05) is 32.0 Å². The molecule has 0 saturated carbocycles. The monoisotopic (exact) mass is 233 g/mol. The van der Waals surface area contributed by atoms with Crippen LogP contribution in [0.3, 0.4) is 0 Å². The predicted octanol–water partition coefficient (Wildman–Crippen LogP) is 3.02. The van der Waals surface area contributed by atoms with Gasteiger partial charge in [0.2, 0.25) is 0 Å². The van der Waals surface area contributed by atoms with E-state index >= 15 is 0 Å². The lowest BCUT2D eigenvalue weighted by Crippen LogP contribution is -2.26. The van der Waals surface area contributed by atoms with Gasteiger partial charge in [-0.15, -0.1) is 0 Å². The van der Waals surface area contributed by atoms with Crippen molar-refractivity contribution in [3.63, 3.8) is 0 Å². The van der Waals surface area contributed by atoms with Crippen LogP contribution in [-0.4, -0.2) is 19.2 Å². The van der Waals surface area contributed by atoms with Crippen molar-refractivity contribution in [3.8, 4) is 5.75 Å². The summed E-state index contributed by atoms with van der Waals surface area (Å²) in [5.41, 5.74) is 1.37. The molecule has 0 bridgehead atoms. The van der Waals surface area contributed by atoms with E-state index in [0.717, 1.165) is 31.7 Å². The number of benzene rings is 1. The Morgan fingerprint density at radius 3 is 3.00 bits per heavy atom. The summed E-state index contributed by atoms with van der Waals surface area (Å²) in [5, 5.41) is 3.47. The number of para-hydroxylation sites is 1. The van der Waals surface area contributed by atoms with Gasteiger partial charge in [-0.25, -0.2) is 0 Å². The molecular weight excluding hydrogens is 210 g/mol. The van der Waals surface area contributed by atoms with E-state index in [1.165, 1.54) is 12.0 Å². The molecule has 2 atom stereocenters. The lowest BCUT2D eigenvalue weighted by Gasteiger charge is -2.17. The van der Waals surface area contributed by atoms with Gasteiger partial charge < -0.3 is 10.1 Å². The van der Waals surface area contributed by atoms with E-state index in [1.807, 2.05) is 6.07 Å². The molecule has 1 heterocycles. The van der Waals surface area contributed by atoms with Crippen LogP contribution in [0, 0.1) is 5.92 Å². The Bertz CT molecular complexity index is 326. The highest BCUT2D eigenvalue weighted by Gasteiger charge is 2.23. The Morgan fingerprint density at radius 2 is 2.24 bits per heavy atom. The largest absolute Gasteiger partial charge is 0.490 e. The van der Waals surface area contributed by atoms with Crippen molar-refractivity contribution in [2.24, 2.45) is 5.92 Å². The summed E-state index contributed by atoms with van der Waals surface area (Å²) in [6.07, 6.45) is 3.81. The number of hydrogen-bond acceptors (Lipinski definition) is 2. The van der Waals surface area contributed by atoms with E-state index in [2.05, 4.69) is 37.4 Å². The van der Waals surface area contributed by atoms with Crippen molar-refractivity contribution in [3.05, 3.63) is 29.8 Å². The first kappa shape index (κ1) is 12.4. The van der Waals surface area contributed by atoms with Gasteiger partial charge in [-0.05, 0) is 43.5 Å². The molecule has 2 nitrogen and oxygen atoms in total. The fraction of sp³-hybridized carbons (Fsp3) is 0.600. The molecule has 0 spiro atoms. The van der Waals surface area contributed by atoms with Crippen LogP contribution in [-0.2, 0) is 6.42 Å². The van der Waals surface area contributed by atoms with Crippen LogP contribution in [0.5, 0.6) is 5.75 Å². The van der Waals surface area contributed by atoms with E-state index in [1.54, 1.807) is 0 Å². The van der Waals surface area contributed by atoms with Gasteiger partial charge in [0.1, 0.15) is 11.9 Å². The number of ether oxygens (including phenoxy) is 1. The minimum absolute atomic E-state index is 0.380. The molecule has 1 N–H and O–H groups in total. The molecule has 1 aromatic carbocycles. The second-order valence-corrected chi connectivity index (χ2v) is 5.10. The SMILES string of the molecule is CCCNCC(C)CC1Cc2ccccc2O1. The first-order chi connectivity index (χ1) is 8.29. The van der Waals surface area contributed by atoms with Gasteiger partial charge in [-0.3, -0.25) is 0 Å². The maximum Gasteiger partial charge on any atom is 0.123 e. The molecule has 0 radical (unpaired) electrons. The lowest BCUT2D eigenvalue weighted by atomic mass is 10.00. The van der Waals surface area contributed by atoms with Crippen molar-refractivity contribution >= 4 is 0 Å². The van der Waals surface area contributed by atoms with Crippen LogP contribution in [0.4, 0.5) is 0 Å². The topological polar surface area (TPSA) is 21.3 Å². The van der Waals surface area contributed by atoms with Gasteiger partial charge in [0.15, 0.2) is 0 Å². The van der Waals surface area contributed by atoms with Crippen molar-refractivity contribution in [1.82, 2.24) is 5.32 Å². The maximum absolute atomic E-state index is 5.96. The summed E-state index contributed by atoms with van der Waals surface area (Å²) in [6.45, 7) is 6.73. The molecule has 0 aromatic heterocycles. The van der Waals surface area contributed by atoms with E-state index in [0.29, 0.717) is 12.0 Å². The minimum Gasteiger partial charge on any atom is -0.490 e. The Kier molecular flexibility index (Phi) is 4.43. The van der Waals surface area contributed by atoms with Gasteiger partial charge in [-0.2, -0.15) is 0 Å². The van der Waals surface area contributed by atoms with Gasteiger partial charge >= 0.3 is 0 Å². The Morgan fingerprint density at radius 1 is 1.41 bits per heavy atom. The third-order valence-corrected chi connectivity index (χ3v) is 3.30. The maximum atomic E-state index is 5.96. The van der Waals surface area contributed by atoms with Crippen molar-refractivity contribution in [2.75, 3.05) is 13.1 Å². The molecule has 0 fully saturated rings. The Balaban J connectivity index is 1.75. The van der Waals surface area contributed by atoms with Crippen LogP contribution in [0.1, 0.15) is 32.3 Å². The van der Waals surface area contributed by atoms with E-state index in [9.17, 15) is 0 Å². The van der Waals surface area contributed by atoms with E-state index in [4.69, 9.17) is 4.74 Å². The van der Waals surface area contributed by atoms with Crippen molar-refractivity contribution in [2.45, 2.75) is 39.2 Å². The highest BCUT2D eigenvalue weighted by atomic mass is 16.5. The van der Waals surface area contributed by atoms with Gasteiger partial charge in [0.05, 0.1) is 0 Å². The third kappa shape index (κ3) is 3.47. The van der Waals surface area contributed by atoms with Crippen LogP contribution >= 0.6 is 0 Å². The lowest BCUT2D eigenvalue weighted by molar-refractivity contribution is 0.196. The second-order valence-electron chi connectivity index (χ2n) is 5.10. The highest BCUT2D eigenvalue weighted by Crippen LogP contribution is 2.30. The molecule has 2 rings (SSSR count). The third-order valence-electron chi connectivity index (χ3n) is 3.30. The van der Waals surface area contributed by atoms with E-state index in [-0.39, 0.29) is 0 Å². The summed E-state index contributed by atoms with van der Waals surface area (Å²) >= 11 is 0. The average Bonchev–Trinajstić information content (AvgIpc) is 2.71. The van der Waals surface area contributed by atoms with Gasteiger partial charge in [0, 0.05) is 6.42 Å². The Labute approximate surface area is 104 Å². The summed E-state index contributed by atoms with van der Waals surface area (Å²) < 4.78 is 5.96. The van der Waals surface area contributed by atoms with E-state index < -0.39 is 0 Å². The quantitative estimate of drug-likeness (QED) is 0.763. The zero-order valence-corrected chi connectivity index (χ0v) is 10.9. The zero-order valence-electron chi connectivity index (χ0n) is 10.9. The van der Waals surface area contributed by atoms with Crippen LogP contribution in [0.15, 0.2) is 24.3 Å². The molecule has 2 unspecified atom stereocenters. The summed E-state index contributed by atoms with van der Waals surface area (Å²) in [4.78, 5) is 0. The molecule has 2 heteroatoms. The van der Waals surface area contributed by atoms with Crippen LogP contribution in [0.25, 0.3) is 0 Å². The molecule has 0 amide bonds. The number of nitrogens with one attached hydrogen (secondary N) is 1. The van der Waals surface area contributed by atoms with Gasteiger partial charge in [0.25, 0.3) is 0 Å². The molecule has 1 aliphatic heterocycles. The van der Waals surface area contributed by atoms with Crippen molar-refractivity contribution in [1.29, 1.82) is 0 Å². The fourth-order valence-corrected chi connectivity index (χ4v) is 2.44. The molecule has 0 saturated heterocycles. The standard InChI is InChI=1S/C15H23NO/c1-3-8-16-11-12(2)9-14-10-13-6-4-5-7-15(13)17-14/h4-7,12,14,16H,3,8-11H2,1-2H3. The summed E-state index contributed by atoms with van der Waals surface area (Å²) in [5.74, 6) is 1.77. The average molecular weight is 233 g/mol. The highest BCUT2D eigenvalue weighted by molar-refractivity contribution is 5.37. The first-order valence-electron chi connectivity index (χ1n) is 6.75. The molecule has 1 aliphatic rings. The van der Waals surface area contributed by atoms with Crippen LogP contribution < -0.4 is 10.1 Å².